The van der Waals surface area contributed by atoms with E-state index in [0.717, 1.165) is 6.54 Å². The minimum atomic E-state index is 0.463. The van der Waals surface area contributed by atoms with Crippen LogP contribution in [0.5, 0.6) is 0 Å². The molecule has 0 bridgehead atoms. The zero-order chi connectivity index (χ0) is 12.3. The van der Waals surface area contributed by atoms with E-state index >= 15 is 0 Å². The van der Waals surface area contributed by atoms with Crippen molar-refractivity contribution in [2.45, 2.75) is 38.8 Å². The lowest BCUT2D eigenvalue weighted by molar-refractivity contribution is 0.218. The maximum absolute atomic E-state index is 3.56. The molecule has 3 nitrogen and oxygen atoms in total. The van der Waals surface area contributed by atoms with Gasteiger partial charge in [0.25, 0.3) is 0 Å². The zero-order valence-corrected chi connectivity index (χ0v) is 11.4. The van der Waals surface area contributed by atoms with Gasteiger partial charge in [-0.3, -0.25) is 4.90 Å². The van der Waals surface area contributed by atoms with Crippen molar-refractivity contribution in [2.75, 3.05) is 27.2 Å². The molecule has 1 fully saturated rings. The molecule has 0 aromatic carbocycles. The molecule has 0 spiro atoms. The van der Waals surface area contributed by atoms with Crippen molar-refractivity contribution in [1.82, 2.24) is 14.8 Å². The summed E-state index contributed by atoms with van der Waals surface area (Å²) < 4.78 is 0. The molecule has 2 heterocycles. The van der Waals surface area contributed by atoms with E-state index in [9.17, 15) is 0 Å². The number of aromatic nitrogens is 1. The van der Waals surface area contributed by atoms with E-state index in [1.165, 1.54) is 43.7 Å². The van der Waals surface area contributed by atoms with Crippen molar-refractivity contribution >= 4 is 0 Å². The highest BCUT2D eigenvalue weighted by molar-refractivity contribution is 5.16. The Hall–Kier alpha value is -0.800. The van der Waals surface area contributed by atoms with Crippen molar-refractivity contribution < 1.29 is 0 Å². The predicted molar refractivity (Wildman–Crippen MR) is 72.0 cm³/mol. The lowest BCUT2D eigenvalue weighted by Crippen LogP contribution is -2.29. The first-order valence-electron chi connectivity index (χ1n) is 6.73. The van der Waals surface area contributed by atoms with E-state index < -0.39 is 0 Å². The Labute approximate surface area is 105 Å². The van der Waals surface area contributed by atoms with E-state index in [4.69, 9.17) is 0 Å². The molecule has 96 valence electrons. The summed E-state index contributed by atoms with van der Waals surface area (Å²) in [5, 5.41) is 0. The monoisotopic (exact) mass is 235 g/mol. The van der Waals surface area contributed by atoms with Crippen LogP contribution in [0.25, 0.3) is 0 Å². The van der Waals surface area contributed by atoms with Gasteiger partial charge in [-0.2, -0.15) is 0 Å². The third kappa shape index (κ3) is 3.33. The molecule has 0 radical (unpaired) electrons. The van der Waals surface area contributed by atoms with Gasteiger partial charge in [0.2, 0.25) is 0 Å². The molecule has 1 unspecified atom stereocenters. The fourth-order valence-corrected chi connectivity index (χ4v) is 2.43. The number of H-pyrrole nitrogens is 1. The van der Waals surface area contributed by atoms with Gasteiger partial charge in [0, 0.05) is 24.0 Å². The fraction of sp³-hybridized carbons (Fsp3) is 0.714. The molecular weight excluding hydrogens is 210 g/mol. The molecule has 1 aliphatic rings. The van der Waals surface area contributed by atoms with Crippen molar-refractivity contribution in [2.24, 2.45) is 0 Å². The second-order valence-corrected chi connectivity index (χ2v) is 5.42. The Morgan fingerprint density at radius 1 is 1.24 bits per heavy atom. The minimum Gasteiger partial charge on any atom is -0.360 e. The molecule has 2 rings (SSSR count). The molecule has 0 amide bonds. The van der Waals surface area contributed by atoms with E-state index in [2.05, 4.69) is 47.9 Å². The minimum absolute atomic E-state index is 0.463. The van der Waals surface area contributed by atoms with Crippen LogP contribution in [0.15, 0.2) is 12.1 Å². The van der Waals surface area contributed by atoms with Crippen LogP contribution in [-0.2, 0) is 6.54 Å². The molecule has 1 aliphatic heterocycles. The van der Waals surface area contributed by atoms with Gasteiger partial charge in [-0.1, -0.05) is 6.42 Å². The Bertz CT molecular complexity index is 337. The number of hydrogen-bond donors (Lipinski definition) is 1. The first-order valence-corrected chi connectivity index (χ1v) is 6.73. The van der Waals surface area contributed by atoms with E-state index in [1.807, 2.05) is 0 Å². The largest absolute Gasteiger partial charge is 0.360 e. The Morgan fingerprint density at radius 3 is 2.59 bits per heavy atom. The average Bonchev–Trinajstić information content (AvgIpc) is 2.77. The standard InChI is InChI=1S/C14H25N3/c1-12(16(2)3)14-8-7-13(15-14)11-17-9-5-4-6-10-17/h7-8,12,15H,4-6,9-11H2,1-3H3. The molecule has 17 heavy (non-hydrogen) atoms. The van der Waals surface area contributed by atoms with Crippen LogP contribution in [0.1, 0.15) is 43.6 Å². The van der Waals surface area contributed by atoms with Crippen molar-refractivity contribution in [3.8, 4) is 0 Å². The van der Waals surface area contributed by atoms with E-state index in [-0.39, 0.29) is 0 Å². The summed E-state index contributed by atoms with van der Waals surface area (Å²) in [7, 11) is 4.24. The van der Waals surface area contributed by atoms with Gasteiger partial charge in [0.15, 0.2) is 0 Å². The van der Waals surface area contributed by atoms with Crippen LogP contribution in [0.2, 0.25) is 0 Å². The van der Waals surface area contributed by atoms with E-state index in [0.29, 0.717) is 6.04 Å². The van der Waals surface area contributed by atoms with Gasteiger partial charge in [-0.25, -0.2) is 0 Å². The summed E-state index contributed by atoms with van der Waals surface area (Å²) in [4.78, 5) is 8.35. The second-order valence-electron chi connectivity index (χ2n) is 5.42. The van der Waals surface area contributed by atoms with Crippen molar-refractivity contribution in [1.29, 1.82) is 0 Å². The van der Waals surface area contributed by atoms with Crippen LogP contribution in [0, 0.1) is 0 Å². The lowest BCUT2D eigenvalue weighted by Gasteiger charge is -2.25. The average molecular weight is 235 g/mol. The first kappa shape index (κ1) is 12.7. The topological polar surface area (TPSA) is 22.3 Å². The Balaban J connectivity index is 1.93. The van der Waals surface area contributed by atoms with Gasteiger partial charge >= 0.3 is 0 Å². The number of hydrogen-bond acceptors (Lipinski definition) is 2. The summed E-state index contributed by atoms with van der Waals surface area (Å²) in [5.74, 6) is 0. The highest BCUT2D eigenvalue weighted by Crippen LogP contribution is 2.18. The number of piperidine rings is 1. The zero-order valence-electron chi connectivity index (χ0n) is 11.4. The van der Waals surface area contributed by atoms with Crippen LogP contribution in [0.3, 0.4) is 0 Å². The van der Waals surface area contributed by atoms with Crippen LogP contribution in [0.4, 0.5) is 0 Å². The molecule has 1 atom stereocenters. The predicted octanol–water partition coefficient (Wildman–Crippen LogP) is 2.62. The van der Waals surface area contributed by atoms with E-state index in [1.54, 1.807) is 0 Å². The maximum atomic E-state index is 3.56. The van der Waals surface area contributed by atoms with Gasteiger partial charge < -0.3 is 9.88 Å². The SMILES string of the molecule is CC(c1ccc(CN2CCCCC2)[nH]1)N(C)C. The fourth-order valence-electron chi connectivity index (χ4n) is 2.43. The quantitative estimate of drug-likeness (QED) is 0.866. The molecule has 0 aliphatic carbocycles. The summed E-state index contributed by atoms with van der Waals surface area (Å²) >= 11 is 0. The highest BCUT2D eigenvalue weighted by Gasteiger charge is 2.13. The summed E-state index contributed by atoms with van der Waals surface area (Å²) in [6.07, 6.45) is 4.13. The van der Waals surface area contributed by atoms with Gasteiger partial charge in [-0.15, -0.1) is 0 Å². The van der Waals surface area contributed by atoms with Crippen LogP contribution >= 0.6 is 0 Å². The molecular formula is C14H25N3. The number of nitrogens with zero attached hydrogens (tertiary/aromatic N) is 2. The van der Waals surface area contributed by atoms with Crippen LogP contribution in [-0.4, -0.2) is 42.0 Å². The third-order valence-corrected chi connectivity index (χ3v) is 3.84. The van der Waals surface area contributed by atoms with Gasteiger partial charge in [0.05, 0.1) is 0 Å². The number of rotatable bonds is 4. The van der Waals surface area contributed by atoms with Gasteiger partial charge in [-0.05, 0) is 59.1 Å². The summed E-state index contributed by atoms with van der Waals surface area (Å²) in [5.41, 5.74) is 2.68. The van der Waals surface area contributed by atoms with Gasteiger partial charge in [0.1, 0.15) is 0 Å². The molecule has 1 N–H and O–H groups in total. The summed E-state index contributed by atoms with van der Waals surface area (Å²) in [6.45, 7) is 5.84. The number of aromatic amines is 1. The Kier molecular flexibility index (Phi) is 4.24. The molecule has 3 heteroatoms. The highest BCUT2D eigenvalue weighted by atomic mass is 15.1. The smallest absolute Gasteiger partial charge is 0.0464 e. The first-order chi connectivity index (χ1) is 8.16. The molecule has 1 aromatic heterocycles. The second kappa shape index (κ2) is 5.69. The number of likely N-dealkylation sites (tertiary alicyclic amines) is 1. The van der Waals surface area contributed by atoms with Crippen molar-refractivity contribution in [3.05, 3.63) is 23.5 Å². The maximum Gasteiger partial charge on any atom is 0.0464 e. The summed E-state index contributed by atoms with van der Waals surface area (Å²) in [6, 6.07) is 4.93. The van der Waals surface area contributed by atoms with Crippen LogP contribution < -0.4 is 0 Å². The molecule has 1 saturated heterocycles. The molecule has 1 aromatic rings. The Morgan fingerprint density at radius 2 is 1.94 bits per heavy atom. The third-order valence-electron chi connectivity index (χ3n) is 3.84. The number of nitrogens with one attached hydrogen (secondary N) is 1. The van der Waals surface area contributed by atoms with Crippen molar-refractivity contribution in [3.63, 3.8) is 0 Å². The molecule has 0 saturated carbocycles. The normalized spacial score (nSPS) is 19.8. The lowest BCUT2D eigenvalue weighted by atomic mass is 10.1.